The van der Waals surface area contributed by atoms with Crippen LogP contribution in [0, 0.1) is 17.8 Å². The molecule has 2 N–H and O–H groups in total. The van der Waals surface area contributed by atoms with Crippen LogP contribution in [-0.2, 0) is 0 Å². The molecule has 3 heterocycles. The van der Waals surface area contributed by atoms with Crippen molar-refractivity contribution in [1.82, 2.24) is 25.2 Å². The number of pyridine rings is 1. The molecule has 156 valence electrons. The van der Waals surface area contributed by atoms with E-state index in [9.17, 15) is 9.59 Å². The van der Waals surface area contributed by atoms with E-state index in [0.717, 1.165) is 18.8 Å². The molecule has 1 aliphatic heterocycles. The molecule has 0 spiro atoms. The van der Waals surface area contributed by atoms with Crippen molar-refractivity contribution in [2.45, 2.75) is 12.8 Å². The summed E-state index contributed by atoms with van der Waals surface area (Å²) >= 11 is 0. The maximum absolute atomic E-state index is 13.4. The summed E-state index contributed by atoms with van der Waals surface area (Å²) < 4.78 is 1.79. The van der Waals surface area contributed by atoms with E-state index < -0.39 is 0 Å². The van der Waals surface area contributed by atoms with E-state index in [1.54, 1.807) is 15.8 Å². The maximum Gasteiger partial charge on any atom is 0.346 e. The van der Waals surface area contributed by atoms with Gasteiger partial charge in [0.15, 0.2) is 6.20 Å². The smallest absolute Gasteiger partial charge is 0.336 e. The van der Waals surface area contributed by atoms with Gasteiger partial charge >= 0.3 is 11.8 Å². The molecule has 3 aliphatic rings. The molecular formula is C22H27N6O2+. The number of carbonyl (C=O) groups is 2. The van der Waals surface area contributed by atoms with Gasteiger partial charge in [-0.1, -0.05) is 12.2 Å². The number of amides is 3. The predicted octanol–water partition coefficient (Wildman–Crippen LogP) is 1.37. The van der Waals surface area contributed by atoms with Gasteiger partial charge in [0.05, 0.1) is 5.56 Å². The van der Waals surface area contributed by atoms with Gasteiger partial charge in [0.25, 0.3) is 5.91 Å². The minimum absolute atomic E-state index is 0.0168. The van der Waals surface area contributed by atoms with Gasteiger partial charge in [-0.15, -0.1) is 4.68 Å². The normalized spacial score (nSPS) is 24.5. The summed E-state index contributed by atoms with van der Waals surface area (Å²) in [5.41, 5.74) is 0.579. The molecule has 3 atom stereocenters. The average molecular weight is 407 g/mol. The molecule has 0 unspecified atom stereocenters. The first kappa shape index (κ1) is 18.8. The van der Waals surface area contributed by atoms with Gasteiger partial charge in [0.2, 0.25) is 0 Å². The first-order chi connectivity index (χ1) is 14.7. The topological polar surface area (TPSA) is 85.2 Å². The molecule has 2 aromatic heterocycles. The fourth-order valence-electron chi connectivity index (χ4n) is 4.90. The molecule has 1 saturated carbocycles. The van der Waals surface area contributed by atoms with Gasteiger partial charge in [0, 0.05) is 45.0 Å². The molecule has 1 saturated heterocycles. The summed E-state index contributed by atoms with van der Waals surface area (Å²) in [4.78, 5) is 33.4. The Balaban J connectivity index is 1.31. The van der Waals surface area contributed by atoms with E-state index >= 15 is 0 Å². The van der Waals surface area contributed by atoms with Crippen molar-refractivity contribution in [3.05, 3.63) is 54.5 Å². The largest absolute Gasteiger partial charge is 0.346 e. The molecule has 3 amide bonds. The fourth-order valence-corrected chi connectivity index (χ4v) is 4.90. The molecule has 2 aliphatic carbocycles. The molecule has 8 nitrogen and oxygen atoms in total. The minimum atomic E-state index is -0.0424. The Morgan fingerprint density at radius 3 is 2.87 bits per heavy atom. The van der Waals surface area contributed by atoms with Crippen molar-refractivity contribution in [3.8, 4) is 5.82 Å². The van der Waals surface area contributed by atoms with Crippen LogP contribution < -0.4 is 10.00 Å². The zero-order valence-corrected chi connectivity index (χ0v) is 16.9. The number of nitrogens with one attached hydrogen (secondary N) is 2. The number of hydrogen-bond donors (Lipinski definition) is 2. The van der Waals surface area contributed by atoms with Crippen LogP contribution in [0.2, 0.25) is 0 Å². The van der Waals surface area contributed by atoms with Crippen molar-refractivity contribution in [3.63, 3.8) is 0 Å². The lowest BCUT2D eigenvalue weighted by atomic mass is 9.93. The van der Waals surface area contributed by atoms with Gasteiger partial charge in [-0.2, -0.15) is 0 Å². The first-order valence-electron chi connectivity index (χ1n) is 10.7. The Labute approximate surface area is 175 Å². The van der Waals surface area contributed by atoms with E-state index in [2.05, 4.69) is 27.6 Å². The average Bonchev–Trinajstić information content (AvgIpc) is 3.57. The van der Waals surface area contributed by atoms with E-state index in [4.69, 9.17) is 0 Å². The number of rotatable bonds is 7. The lowest BCUT2D eigenvalue weighted by molar-refractivity contribution is -0.658. The highest BCUT2D eigenvalue weighted by Gasteiger charge is 2.37. The molecule has 0 aromatic carbocycles. The van der Waals surface area contributed by atoms with Gasteiger partial charge < -0.3 is 15.1 Å². The van der Waals surface area contributed by atoms with Crippen LogP contribution in [0.3, 0.4) is 0 Å². The van der Waals surface area contributed by atoms with Crippen LogP contribution in [0.5, 0.6) is 0 Å². The number of aromatic nitrogens is 3. The van der Waals surface area contributed by atoms with E-state index in [-0.39, 0.29) is 11.9 Å². The maximum atomic E-state index is 13.4. The number of carbonyl (C=O) groups excluding carboxylic acids is 2. The predicted molar refractivity (Wildman–Crippen MR) is 110 cm³/mol. The molecular weight excluding hydrogens is 380 g/mol. The summed E-state index contributed by atoms with van der Waals surface area (Å²) in [5, 5.41) is 5.88. The summed E-state index contributed by atoms with van der Waals surface area (Å²) in [6.07, 6.45) is 12.3. The van der Waals surface area contributed by atoms with Crippen LogP contribution in [0.25, 0.3) is 5.82 Å². The third-order valence-electron chi connectivity index (χ3n) is 6.53. The van der Waals surface area contributed by atoms with Crippen LogP contribution in [-0.4, -0.2) is 64.5 Å². The van der Waals surface area contributed by atoms with E-state index in [1.165, 1.54) is 6.42 Å². The van der Waals surface area contributed by atoms with Gasteiger partial charge in [-0.25, -0.2) is 9.89 Å². The summed E-state index contributed by atoms with van der Waals surface area (Å²) in [5.74, 6) is 2.45. The quantitative estimate of drug-likeness (QED) is 0.537. The summed E-state index contributed by atoms with van der Waals surface area (Å²) in [6, 6.07) is 5.52. The number of urea groups is 1. The number of allylic oxidation sites excluding steroid dienone is 2. The van der Waals surface area contributed by atoms with Crippen molar-refractivity contribution < 1.29 is 14.3 Å². The number of fused-ring (bicyclic) bond motifs is 2. The molecule has 30 heavy (non-hydrogen) atoms. The zero-order chi connectivity index (χ0) is 20.5. The Hall–Kier alpha value is -3.16. The van der Waals surface area contributed by atoms with Crippen LogP contribution >= 0.6 is 0 Å². The van der Waals surface area contributed by atoms with Crippen LogP contribution in [0.15, 0.2) is 48.9 Å². The van der Waals surface area contributed by atoms with Crippen molar-refractivity contribution in [2.75, 3.05) is 32.7 Å². The number of H-pyrrole nitrogens is 1. The standard InChI is InChI=1S/C22H26N6O2/c29-21(18-4-5-20(24-14-18)28-8-1-6-25-28)27(11-10-26-9-7-23-22(26)30)15-19-13-16-2-3-17(19)12-16/h1-6,8,14,16-17,19H,7,9-13,15H2,(H,23,30)/p+1/t16-,17+,19+/m1/s1. The lowest BCUT2D eigenvalue weighted by Crippen LogP contribution is -2.42. The van der Waals surface area contributed by atoms with Gasteiger partial charge in [-0.3, -0.25) is 4.79 Å². The highest BCUT2D eigenvalue weighted by molar-refractivity contribution is 5.94. The second kappa shape index (κ2) is 7.93. The van der Waals surface area contributed by atoms with Crippen molar-refractivity contribution in [1.29, 1.82) is 0 Å². The zero-order valence-electron chi connectivity index (χ0n) is 16.9. The fraction of sp³-hybridized carbons (Fsp3) is 0.455. The van der Waals surface area contributed by atoms with E-state index in [0.29, 0.717) is 49.5 Å². The third kappa shape index (κ3) is 3.69. The molecule has 8 heteroatoms. The Morgan fingerprint density at radius 1 is 1.30 bits per heavy atom. The summed E-state index contributed by atoms with van der Waals surface area (Å²) in [7, 11) is 0. The Kier molecular flexibility index (Phi) is 4.98. The van der Waals surface area contributed by atoms with E-state index in [1.807, 2.05) is 35.5 Å². The second-order valence-corrected chi connectivity index (χ2v) is 8.42. The molecule has 2 fully saturated rings. The lowest BCUT2D eigenvalue weighted by Gasteiger charge is -2.30. The SMILES string of the molecule is O=C1NCCN1CCN(C[C@@H]1C[C@@H]2C=C[C@H]1C2)C(=O)c1ccc(-[n+]2ccc[nH]2)nc1. The first-order valence-corrected chi connectivity index (χ1v) is 10.7. The molecule has 5 rings (SSSR count). The van der Waals surface area contributed by atoms with Crippen LogP contribution in [0.4, 0.5) is 4.79 Å². The summed E-state index contributed by atoms with van der Waals surface area (Å²) in [6.45, 7) is 3.19. The van der Waals surface area contributed by atoms with Gasteiger partial charge in [0.1, 0.15) is 6.20 Å². The molecule has 2 aromatic rings. The Bertz CT molecular complexity index is 939. The number of aromatic amines is 1. The molecule has 2 bridgehead atoms. The van der Waals surface area contributed by atoms with Crippen molar-refractivity contribution in [2.24, 2.45) is 17.8 Å². The van der Waals surface area contributed by atoms with Gasteiger partial charge in [-0.05, 0) is 47.7 Å². The molecule has 0 radical (unpaired) electrons. The monoisotopic (exact) mass is 407 g/mol. The third-order valence-corrected chi connectivity index (χ3v) is 6.53. The Morgan fingerprint density at radius 2 is 2.23 bits per heavy atom. The highest BCUT2D eigenvalue weighted by Crippen LogP contribution is 2.43. The van der Waals surface area contributed by atoms with Crippen LogP contribution in [0.1, 0.15) is 23.2 Å². The van der Waals surface area contributed by atoms with Crippen molar-refractivity contribution >= 4 is 11.9 Å². The number of hydrogen-bond acceptors (Lipinski definition) is 3. The highest BCUT2D eigenvalue weighted by atomic mass is 16.2. The number of nitrogens with zero attached hydrogens (tertiary/aromatic N) is 4. The second-order valence-electron chi connectivity index (χ2n) is 8.42. The minimum Gasteiger partial charge on any atom is -0.336 e.